The maximum atomic E-state index is 5.64. The molecular weight excluding hydrogens is 186 g/mol. The summed E-state index contributed by atoms with van der Waals surface area (Å²) in [5.74, 6) is 0.876. The van der Waals surface area contributed by atoms with Crippen LogP contribution in [0, 0.1) is 6.92 Å². The van der Waals surface area contributed by atoms with Gasteiger partial charge >= 0.3 is 0 Å². The second kappa shape index (κ2) is 5.56. The second-order valence-electron chi connectivity index (χ2n) is 3.53. The molecule has 0 aliphatic carbocycles. The molecule has 0 aliphatic heterocycles. The first-order valence-corrected chi connectivity index (χ1v) is 5.26. The van der Waals surface area contributed by atoms with Crippen molar-refractivity contribution in [1.29, 1.82) is 0 Å². The third kappa shape index (κ3) is 2.83. The minimum atomic E-state index is 0.452. The summed E-state index contributed by atoms with van der Waals surface area (Å²) in [6.07, 6.45) is 0.934. The smallest absolute Gasteiger partial charge is 0.113 e. The number of methoxy groups -OCH3 is 1. The van der Waals surface area contributed by atoms with E-state index in [-0.39, 0.29) is 0 Å². The quantitative estimate of drug-likeness (QED) is 0.767. The Hall–Kier alpha value is -1.28. The first kappa shape index (κ1) is 11.8. The SMILES string of the molecule is CCC(=C(CN)OC)c1ccc(C)cc1. The number of hydrogen-bond acceptors (Lipinski definition) is 2. The standard InChI is InChI=1S/C13H19NO/c1-4-12(13(9-14)15-3)11-7-5-10(2)6-8-11/h5-8H,4,9,14H2,1-3H3. The number of aryl methyl sites for hydroxylation is 1. The van der Waals surface area contributed by atoms with Gasteiger partial charge in [0.1, 0.15) is 5.76 Å². The minimum Gasteiger partial charge on any atom is -0.499 e. The van der Waals surface area contributed by atoms with Crippen LogP contribution in [0.1, 0.15) is 24.5 Å². The summed E-state index contributed by atoms with van der Waals surface area (Å²) in [6.45, 7) is 4.65. The molecule has 0 heterocycles. The molecule has 0 spiro atoms. The van der Waals surface area contributed by atoms with Gasteiger partial charge in [-0.25, -0.2) is 0 Å². The fourth-order valence-electron chi connectivity index (χ4n) is 1.65. The first-order valence-electron chi connectivity index (χ1n) is 5.26. The van der Waals surface area contributed by atoms with Crippen molar-refractivity contribution in [2.45, 2.75) is 20.3 Å². The highest BCUT2D eigenvalue weighted by atomic mass is 16.5. The van der Waals surface area contributed by atoms with Crippen molar-refractivity contribution in [3.05, 3.63) is 41.2 Å². The third-order valence-electron chi connectivity index (χ3n) is 2.52. The lowest BCUT2D eigenvalue weighted by molar-refractivity contribution is 0.288. The van der Waals surface area contributed by atoms with Crippen LogP contribution in [-0.4, -0.2) is 13.7 Å². The Labute approximate surface area is 91.7 Å². The molecule has 0 fully saturated rings. The summed E-state index contributed by atoms with van der Waals surface area (Å²) >= 11 is 0. The van der Waals surface area contributed by atoms with Crippen LogP contribution in [0.2, 0.25) is 0 Å². The molecule has 1 aromatic carbocycles. The Morgan fingerprint density at radius 2 is 1.87 bits per heavy atom. The summed E-state index contributed by atoms with van der Waals surface area (Å²) in [5, 5.41) is 0. The van der Waals surface area contributed by atoms with E-state index in [1.165, 1.54) is 16.7 Å². The van der Waals surface area contributed by atoms with Crippen molar-refractivity contribution in [2.24, 2.45) is 5.73 Å². The largest absolute Gasteiger partial charge is 0.499 e. The molecule has 0 aliphatic rings. The molecule has 0 bridgehead atoms. The molecule has 15 heavy (non-hydrogen) atoms. The van der Waals surface area contributed by atoms with Crippen molar-refractivity contribution < 1.29 is 4.74 Å². The zero-order chi connectivity index (χ0) is 11.3. The van der Waals surface area contributed by atoms with Gasteiger partial charge in [-0.3, -0.25) is 0 Å². The summed E-state index contributed by atoms with van der Waals surface area (Å²) in [5.41, 5.74) is 9.30. The number of rotatable bonds is 4. The molecule has 0 saturated heterocycles. The zero-order valence-corrected chi connectivity index (χ0v) is 9.71. The molecule has 1 rings (SSSR count). The van der Waals surface area contributed by atoms with Gasteiger partial charge in [0, 0.05) is 0 Å². The van der Waals surface area contributed by atoms with E-state index in [9.17, 15) is 0 Å². The van der Waals surface area contributed by atoms with Crippen molar-refractivity contribution >= 4 is 5.57 Å². The maximum absolute atomic E-state index is 5.64. The van der Waals surface area contributed by atoms with Crippen LogP contribution in [0.15, 0.2) is 30.0 Å². The second-order valence-corrected chi connectivity index (χ2v) is 3.53. The molecule has 82 valence electrons. The van der Waals surface area contributed by atoms with Crippen LogP contribution in [0.5, 0.6) is 0 Å². The van der Waals surface area contributed by atoms with Crippen LogP contribution in [-0.2, 0) is 4.74 Å². The van der Waals surface area contributed by atoms with Gasteiger partial charge in [-0.15, -0.1) is 0 Å². The summed E-state index contributed by atoms with van der Waals surface area (Å²) in [6, 6.07) is 8.44. The molecule has 2 N–H and O–H groups in total. The summed E-state index contributed by atoms with van der Waals surface area (Å²) < 4.78 is 5.29. The Morgan fingerprint density at radius 1 is 1.27 bits per heavy atom. The summed E-state index contributed by atoms with van der Waals surface area (Å²) in [7, 11) is 1.67. The average Bonchev–Trinajstić information content (AvgIpc) is 2.27. The number of ether oxygens (including phenoxy) is 1. The van der Waals surface area contributed by atoms with Crippen molar-refractivity contribution in [3.8, 4) is 0 Å². The van der Waals surface area contributed by atoms with E-state index in [1.54, 1.807) is 7.11 Å². The monoisotopic (exact) mass is 205 g/mol. The van der Waals surface area contributed by atoms with Crippen LogP contribution in [0.4, 0.5) is 0 Å². The number of benzene rings is 1. The van der Waals surface area contributed by atoms with Crippen LogP contribution in [0.25, 0.3) is 5.57 Å². The van der Waals surface area contributed by atoms with Crippen molar-refractivity contribution in [2.75, 3.05) is 13.7 Å². The van der Waals surface area contributed by atoms with E-state index in [0.29, 0.717) is 6.54 Å². The van der Waals surface area contributed by atoms with Crippen LogP contribution < -0.4 is 5.73 Å². The lowest BCUT2D eigenvalue weighted by Gasteiger charge is -2.12. The molecular formula is C13H19NO. The first-order chi connectivity index (χ1) is 7.22. The zero-order valence-electron chi connectivity index (χ0n) is 9.71. The molecule has 0 aromatic heterocycles. The lowest BCUT2D eigenvalue weighted by atomic mass is 10.0. The maximum Gasteiger partial charge on any atom is 0.113 e. The van der Waals surface area contributed by atoms with Crippen molar-refractivity contribution in [3.63, 3.8) is 0 Å². The van der Waals surface area contributed by atoms with E-state index < -0.39 is 0 Å². The highest BCUT2D eigenvalue weighted by Crippen LogP contribution is 2.22. The van der Waals surface area contributed by atoms with Gasteiger partial charge in [0.15, 0.2) is 0 Å². The normalized spacial score (nSPS) is 12.3. The van der Waals surface area contributed by atoms with E-state index >= 15 is 0 Å². The minimum absolute atomic E-state index is 0.452. The van der Waals surface area contributed by atoms with Gasteiger partial charge in [0.25, 0.3) is 0 Å². The van der Waals surface area contributed by atoms with Crippen molar-refractivity contribution in [1.82, 2.24) is 0 Å². The topological polar surface area (TPSA) is 35.2 Å². The Bertz CT molecular complexity index is 332. The van der Waals surface area contributed by atoms with E-state index in [4.69, 9.17) is 10.5 Å². The Morgan fingerprint density at radius 3 is 2.27 bits per heavy atom. The number of nitrogens with two attached hydrogens (primary N) is 1. The number of hydrogen-bond donors (Lipinski definition) is 1. The highest BCUT2D eigenvalue weighted by molar-refractivity contribution is 5.67. The number of allylic oxidation sites excluding steroid dienone is 1. The molecule has 0 radical (unpaired) electrons. The Balaban J connectivity index is 3.11. The predicted octanol–water partition coefficient (Wildman–Crippen LogP) is 2.72. The lowest BCUT2D eigenvalue weighted by Crippen LogP contribution is -2.07. The molecule has 0 amide bonds. The molecule has 0 saturated carbocycles. The fourth-order valence-corrected chi connectivity index (χ4v) is 1.65. The average molecular weight is 205 g/mol. The van der Waals surface area contributed by atoms with Gasteiger partial charge in [-0.2, -0.15) is 0 Å². The van der Waals surface area contributed by atoms with E-state index in [1.807, 2.05) is 0 Å². The van der Waals surface area contributed by atoms with Gasteiger partial charge in [-0.05, 0) is 24.5 Å². The van der Waals surface area contributed by atoms with Crippen LogP contribution >= 0.6 is 0 Å². The highest BCUT2D eigenvalue weighted by Gasteiger charge is 2.06. The molecule has 0 unspecified atom stereocenters. The van der Waals surface area contributed by atoms with E-state index in [2.05, 4.69) is 38.1 Å². The molecule has 2 heteroatoms. The molecule has 0 atom stereocenters. The Kier molecular flexibility index (Phi) is 4.37. The van der Waals surface area contributed by atoms with Gasteiger partial charge in [-0.1, -0.05) is 36.8 Å². The summed E-state index contributed by atoms with van der Waals surface area (Å²) in [4.78, 5) is 0. The fraction of sp³-hybridized carbons (Fsp3) is 0.385. The molecule has 1 aromatic rings. The van der Waals surface area contributed by atoms with E-state index in [0.717, 1.165) is 12.2 Å². The van der Waals surface area contributed by atoms with Gasteiger partial charge in [0.2, 0.25) is 0 Å². The van der Waals surface area contributed by atoms with Gasteiger partial charge < -0.3 is 10.5 Å². The predicted molar refractivity (Wildman–Crippen MR) is 64.5 cm³/mol. The van der Waals surface area contributed by atoms with Crippen LogP contribution in [0.3, 0.4) is 0 Å². The molecule has 2 nitrogen and oxygen atoms in total. The van der Waals surface area contributed by atoms with Gasteiger partial charge in [0.05, 0.1) is 13.7 Å². The third-order valence-corrected chi connectivity index (χ3v) is 2.52.